The van der Waals surface area contributed by atoms with Crippen molar-refractivity contribution in [3.8, 4) is 0 Å². The number of fused-ring (bicyclic) bond motifs is 1. The molecule has 7 heteroatoms. The van der Waals surface area contributed by atoms with Crippen molar-refractivity contribution in [1.82, 2.24) is 14.5 Å². The maximum atomic E-state index is 9.80. The van der Waals surface area contributed by atoms with Crippen LogP contribution in [0.25, 0.3) is 11.0 Å². The Labute approximate surface area is 109 Å². The molecule has 0 radical (unpaired) electrons. The summed E-state index contributed by atoms with van der Waals surface area (Å²) < 4.78 is 7.47. The highest BCUT2D eigenvalue weighted by molar-refractivity contribution is 5.89. The summed E-state index contributed by atoms with van der Waals surface area (Å²) in [5.41, 5.74) is 7.49. The Balaban J connectivity index is 2.05. The third-order valence-electron chi connectivity index (χ3n) is 3.52. The molecule has 1 aliphatic heterocycles. The molecule has 102 valence electrons. The number of nitrogens with two attached hydrogens (primary N) is 1. The van der Waals surface area contributed by atoms with Gasteiger partial charge in [-0.1, -0.05) is 0 Å². The zero-order chi connectivity index (χ0) is 13.6. The topological polar surface area (TPSA) is 106 Å². The summed E-state index contributed by atoms with van der Waals surface area (Å²) in [6.07, 6.45) is 2.12. The number of hydrogen-bond acceptors (Lipinski definition) is 6. The van der Waals surface area contributed by atoms with Crippen LogP contribution in [0.5, 0.6) is 0 Å². The monoisotopic (exact) mass is 264 g/mol. The van der Waals surface area contributed by atoms with Gasteiger partial charge in [-0.05, 0) is 12.5 Å². The standard InChI is InChI=1S/C12H16N4O3/c1-6-3-16(9-2-7(18)8(4-17)19-9)12-10(6)11(13)14-5-15-12/h3,5,7-9,17-18H,2,4H2,1H3,(H2,13,14,15)/t7-,8-,9-/m1/s1. The number of aliphatic hydroxyl groups is 2. The fourth-order valence-corrected chi connectivity index (χ4v) is 2.57. The highest BCUT2D eigenvalue weighted by atomic mass is 16.5. The zero-order valence-corrected chi connectivity index (χ0v) is 10.5. The van der Waals surface area contributed by atoms with Gasteiger partial charge in [-0.3, -0.25) is 0 Å². The van der Waals surface area contributed by atoms with Crippen LogP contribution in [-0.2, 0) is 4.74 Å². The first-order valence-electron chi connectivity index (χ1n) is 6.13. The SMILES string of the molecule is Cc1cn([C@H]2C[C@@H](O)[C@@H](CO)O2)c2ncnc(N)c12. The van der Waals surface area contributed by atoms with Crippen LogP contribution in [0.2, 0.25) is 0 Å². The Morgan fingerprint density at radius 3 is 3.00 bits per heavy atom. The number of aromatic nitrogens is 3. The molecule has 1 fully saturated rings. The minimum Gasteiger partial charge on any atom is -0.394 e. The van der Waals surface area contributed by atoms with Gasteiger partial charge in [-0.25, -0.2) is 9.97 Å². The van der Waals surface area contributed by atoms with Gasteiger partial charge in [0.2, 0.25) is 0 Å². The summed E-state index contributed by atoms with van der Waals surface area (Å²) in [4.78, 5) is 8.21. The summed E-state index contributed by atoms with van der Waals surface area (Å²) in [7, 11) is 0. The fourth-order valence-electron chi connectivity index (χ4n) is 2.57. The molecule has 2 aromatic rings. The van der Waals surface area contributed by atoms with E-state index in [0.29, 0.717) is 17.9 Å². The maximum Gasteiger partial charge on any atom is 0.147 e. The van der Waals surface area contributed by atoms with Crippen molar-refractivity contribution in [1.29, 1.82) is 0 Å². The lowest BCUT2D eigenvalue weighted by Crippen LogP contribution is -2.24. The molecule has 0 bridgehead atoms. The van der Waals surface area contributed by atoms with Gasteiger partial charge in [0.1, 0.15) is 30.1 Å². The third kappa shape index (κ3) is 1.86. The predicted molar refractivity (Wildman–Crippen MR) is 68.3 cm³/mol. The van der Waals surface area contributed by atoms with E-state index in [1.54, 1.807) is 0 Å². The van der Waals surface area contributed by atoms with Crippen LogP contribution in [0.1, 0.15) is 18.2 Å². The Hall–Kier alpha value is -1.70. The summed E-state index contributed by atoms with van der Waals surface area (Å²) in [6, 6.07) is 0. The van der Waals surface area contributed by atoms with Gasteiger partial charge >= 0.3 is 0 Å². The minimum absolute atomic E-state index is 0.201. The van der Waals surface area contributed by atoms with Gasteiger partial charge < -0.3 is 25.3 Å². The molecule has 0 saturated carbocycles. The van der Waals surface area contributed by atoms with Gasteiger partial charge in [0.25, 0.3) is 0 Å². The number of ether oxygens (including phenoxy) is 1. The Morgan fingerprint density at radius 1 is 1.53 bits per heavy atom. The van der Waals surface area contributed by atoms with Gasteiger partial charge in [0.15, 0.2) is 0 Å². The van der Waals surface area contributed by atoms with Crippen molar-refractivity contribution < 1.29 is 14.9 Å². The van der Waals surface area contributed by atoms with E-state index >= 15 is 0 Å². The number of hydrogen-bond donors (Lipinski definition) is 3. The lowest BCUT2D eigenvalue weighted by atomic mass is 10.2. The van der Waals surface area contributed by atoms with E-state index in [1.807, 2.05) is 17.7 Å². The minimum atomic E-state index is -0.674. The second-order valence-corrected chi connectivity index (χ2v) is 4.79. The third-order valence-corrected chi connectivity index (χ3v) is 3.52. The maximum absolute atomic E-state index is 9.80. The average molecular weight is 264 g/mol. The van der Waals surface area contributed by atoms with Crippen molar-refractivity contribution in [3.63, 3.8) is 0 Å². The summed E-state index contributed by atoms with van der Waals surface area (Å²) in [6.45, 7) is 1.72. The van der Waals surface area contributed by atoms with Crippen LogP contribution in [-0.4, -0.2) is 43.6 Å². The number of aliphatic hydroxyl groups excluding tert-OH is 2. The molecule has 3 atom stereocenters. The van der Waals surface area contributed by atoms with E-state index in [9.17, 15) is 5.11 Å². The molecule has 3 heterocycles. The molecule has 0 unspecified atom stereocenters. The van der Waals surface area contributed by atoms with E-state index in [1.165, 1.54) is 6.33 Å². The predicted octanol–water partition coefficient (Wildman–Crippen LogP) is -0.0374. The summed E-state index contributed by atoms with van der Waals surface area (Å²) >= 11 is 0. The van der Waals surface area contributed by atoms with E-state index in [-0.39, 0.29) is 12.8 Å². The summed E-state index contributed by atoms with van der Waals surface area (Å²) in [5.74, 6) is 0.429. The molecule has 1 aliphatic rings. The number of anilines is 1. The second kappa shape index (κ2) is 4.44. The van der Waals surface area contributed by atoms with Gasteiger partial charge in [-0.2, -0.15) is 0 Å². The van der Waals surface area contributed by atoms with E-state index in [4.69, 9.17) is 15.6 Å². The summed E-state index contributed by atoms with van der Waals surface area (Å²) in [5, 5.41) is 19.7. The largest absolute Gasteiger partial charge is 0.394 e. The van der Waals surface area contributed by atoms with E-state index < -0.39 is 12.2 Å². The van der Waals surface area contributed by atoms with Gasteiger partial charge in [0.05, 0.1) is 18.1 Å². The first-order chi connectivity index (χ1) is 9.11. The molecule has 4 N–H and O–H groups in total. The second-order valence-electron chi connectivity index (χ2n) is 4.79. The molecule has 2 aromatic heterocycles. The Morgan fingerprint density at radius 2 is 2.32 bits per heavy atom. The molecule has 0 aromatic carbocycles. The fraction of sp³-hybridized carbons (Fsp3) is 0.500. The van der Waals surface area contributed by atoms with Crippen molar-refractivity contribution in [3.05, 3.63) is 18.1 Å². The van der Waals surface area contributed by atoms with Gasteiger partial charge in [0, 0.05) is 12.6 Å². The van der Waals surface area contributed by atoms with Gasteiger partial charge in [-0.15, -0.1) is 0 Å². The van der Waals surface area contributed by atoms with Crippen molar-refractivity contribution >= 4 is 16.9 Å². The molecule has 0 amide bonds. The quantitative estimate of drug-likeness (QED) is 0.703. The number of rotatable bonds is 2. The van der Waals surface area contributed by atoms with Crippen LogP contribution in [0.3, 0.4) is 0 Å². The molecule has 3 rings (SSSR count). The van der Waals surface area contributed by atoms with Crippen molar-refractivity contribution in [2.75, 3.05) is 12.3 Å². The molecule has 7 nitrogen and oxygen atoms in total. The van der Waals surface area contributed by atoms with Crippen LogP contribution in [0.4, 0.5) is 5.82 Å². The molecule has 0 spiro atoms. The average Bonchev–Trinajstić information content (AvgIpc) is 2.91. The van der Waals surface area contributed by atoms with Crippen molar-refractivity contribution in [2.45, 2.75) is 31.8 Å². The van der Waals surface area contributed by atoms with Crippen LogP contribution in [0.15, 0.2) is 12.5 Å². The normalized spacial score (nSPS) is 27.2. The molecular formula is C12H16N4O3. The first kappa shape index (κ1) is 12.3. The number of nitrogen functional groups attached to an aromatic ring is 1. The lowest BCUT2D eigenvalue weighted by molar-refractivity contribution is -0.0430. The molecule has 1 saturated heterocycles. The highest BCUT2D eigenvalue weighted by Gasteiger charge is 2.35. The Bertz CT molecular complexity index is 612. The smallest absolute Gasteiger partial charge is 0.147 e. The van der Waals surface area contributed by atoms with Crippen LogP contribution in [0, 0.1) is 6.92 Å². The molecule has 0 aliphatic carbocycles. The molecular weight excluding hydrogens is 248 g/mol. The highest BCUT2D eigenvalue weighted by Crippen LogP contribution is 2.33. The van der Waals surface area contributed by atoms with Crippen molar-refractivity contribution in [2.24, 2.45) is 0 Å². The van der Waals surface area contributed by atoms with Crippen LogP contribution >= 0.6 is 0 Å². The first-order valence-corrected chi connectivity index (χ1v) is 6.13. The van der Waals surface area contributed by atoms with Crippen LogP contribution < -0.4 is 5.73 Å². The zero-order valence-electron chi connectivity index (χ0n) is 10.5. The molecule has 19 heavy (non-hydrogen) atoms. The number of nitrogens with zero attached hydrogens (tertiary/aromatic N) is 3. The van der Waals surface area contributed by atoms with E-state index in [2.05, 4.69) is 9.97 Å². The van der Waals surface area contributed by atoms with E-state index in [0.717, 1.165) is 10.9 Å². The number of aryl methyl sites for hydroxylation is 1. The lowest BCUT2D eigenvalue weighted by Gasteiger charge is -2.14. The Kier molecular flexibility index (Phi) is 2.89.